The molecule has 166 valence electrons. The molecule has 3 aromatic rings. The predicted octanol–water partition coefficient (Wildman–Crippen LogP) is 5.04. The molecular weight excluding hydrogens is 452 g/mol. The second kappa shape index (κ2) is 10.4. The summed E-state index contributed by atoms with van der Waals surface area (Å²) in [7, 11) is 1.33. The maximum absolute atomic E-state index is 12.6. The topological polar surface area (TPSA) is 86.1 Å². The first-order chi connectivity index (χ1) is 14.9. The van der Waals surface area contributed by atoms with Gasteiger partial charge in [0, 0.05) is 27.2 Å². The number of hydrogen-bond acceptors (Lipinski definition) is 8. The van der Waals surface area contributed by atoms with Gasteiger partial charge in [-0.25, -0.2) is 4.79 Å². The number of nitrogens with one attached hydrogen (secondary N) is 1. The molecule has 0 radical (unpaired) electrons. The summed E-state index contributed by atoms with van der Waals surface area (Å²) in [5.74, 6) is 0.353. The molecule has 0 bridgehead atoms. The summed E-state index contributed by atoms with van der Waals surface area (Å²) in [6.45, 7) is 9.02. The van der Waals surface area contributed by atoms with Crippen molar-refractivity contribution in [3.05, 3.63) is 32.3 Å². The molecule has 1 N–H and O–H groups in total. The molecule has 0 saturated heterocycles. The fraction of sp³-hybridized carbons (Fsp3) is 0.429. The summed E-state index contributed by atoms with van der Waals surface area (Å²) in [5.41, 5.74) is 2.80. The summed E-state index contributed by atoms with van der Waals surface area (Å²) in [4.78, 5) is 26.9. The van der Waals surface area contributed by atoms with Crippen LogP contribution in [0.1, 0.15) is 46.4 Å². The van der Waals surface area contributed by atoms with Crippen molar-refractivity contribution >= 4 is 51.3 Å². The molecule has 7 nitrogen and oxygen atoms in total. The molecule has 0 aliphatic carbocycles. The number of carbonyl (C=O) groups excluding carboxylic acids is 2. The van der Waals surface area contributed by atoms with Gasteiger partial charge < -0.3 is 14.6 Å². The number of aryl methyl sites for hydroxylation is 2. The first kappa shape index (κ1) is 23.5. The number of carbonyl (C=O) groups is 2. The van der Waals surface area contributed by atoms with Crippen LogP contribution in [-0.4, -0.2) is 39.5 Å². The fourth-order valence-corrected chi connectivity index (χ4v) is 5.99. The third kappa shape index (κ3) is 5.02. The Labute approximate surface area is 194 Å². The minimum Gasteiger partial charge on any atom is -0.465 e. The quantitative estimate of drug-likeness (QED) is 0.343. The molecule has 0 aromatic carbocycles. The lowest BCUT2D eigenvalue weighted by Crippen LogP contribution is -2.16. The highest BCUT2D eigenvalue weighted by molar-refractivity contribution is 7.99. The van der Waals surface area contributed by atoms with Gasteiger partial charge in [-0.2, -0.15) is 0 Å². The normalized spacial score (nSPS) is 11.0. The van der Waals surface area contributed by atoms with Crippen molar-refractivity contribution in [1.29, 1.82) is 0 Å². The van der Waals surface area contributed by atoms with Gasteiger partial charge in [0.2, 0.25) is 5.91 Å². The number of thiophene rings is 2. The highest BCUT2D eigenvalue weighted by Crippen LogP contribution is 2.33. The van der Waals surface area contributed by atoms with Crippen LogP contribution in [-0.2, 0) is 28.9 Å². The van der Waals surface area contributed by atoms with Gasteiger partial charge in [0.15, 0.2) is 11.0 Å². The number of thioether (sulfide) groups is 1. The summed E-state index contributed by atoms with van der Waals surface area (Å²) >= 11 is 4.45. The van der Waals surface area contributed by atoms with Crippen LogP contribution in [0.5, 0.6) is 0 Å². The molecule has 3 heterocycles. The Hall–Kier alpha value is -2.17. The van der Waals surface area contributed by atoms with E-state index in [0.717, 1.165) is 29.1 Å². The van der Waals surface area contributed by atoms with E-state index in [9.17, 15) is 9.59 Å². The molecule has 3 aromatic heterocycles. The molecule has 3 rings (SSSR count). The van der Waals surface area contributed by atoms with Gasteiger partial charge in [0.1, 0.15) is 5.00 Å². The highest BCUT2D eigenvalue weighted by Gasteiger charge is 2.21. The first-order valence-electron chi connectivity index (χ1n) is 10.1. The van der Waals surface area contributed by atoms with Crippen molar-refractivity contribution in [3.8, 4) is 11.4 Å². The third-order valence-corrected chi connectivity index (χ3v) is 7.97. The SMILES string of the molecule is CCc1cc(C(=O)OC)c(NC(=O)CSc2nnc(-c3csc(C)c3CC)n2CC)s1. The van der Waals surface area contributed by atoms with Gasteiger partial charge in [0.25, 0.3) is 0 Å². The number of hydrogen-bond donors (Lipinski definition) is 1. The number of rotatable bonds is 9. The monoisotopic (exact) mass is 478 g/mol. The molecule has 10 heteroatoms. The molecule has 1 amide bonds. The number of nitrogens with zero attached hydrogens (tertiary/aromatic N) is 3. The van der Waals surface area contributed by atoms with Crippen LogP contribution in [0, 0.1) is 6.92 Å². The second-order valence-electron chi connectivity index (χ2n) is 6.73. The average molecular weight is 479 g/mol. The zero-order valence-electron chi connectivity index (χ0n) is 18.3. The van der Waals surface area contributed by atoms with Gasteiger partial charge in [0.05, 0.1) is 18.4 Å². The minimum atomic E-state index is -0.452. The van der Waals surface area contributed by atoms with Crippen molar-refractivity contribution in [2.75, 3.05) is 18.2 Å². The maximum Gasteiger partial charge on any atom is 0.340 e. The van der Waals surface area contributed by atoms with E-state index in [4.69, 9.17) is 4.74 Å². The van der Waals surface area contributed by atoms with Gasteiger partial charge in [-0.1, -0.05) is 25.6 Å². The summed E-state index contributed by atoms with van der Waals surface area (Å²) in [6.07, 6.45) is 1.72. The fourth-order valence-electron chi connectivity index (χ4n) is 3.25. The lowest BCUT2D eigenvalue weighted by Gasteiger charge is -2.08. The Morgan fingerprint density at radius 1 is 1.23 bits per heavy atom. The minimum absolute atomic E-state index is 0.168. The van der Waals surface area contributed by atoms with Crippen molar-refractivity contribution in [2.45, 2.75) is 52.2 Å². The van der Waals surface area contributed by atoms with E-state index in [1.165, 1.54) is 40.6 Å². The number of methoxy groups -OCH3 is 1. The zero-order chi connectivity index (χ0) is 22.5. The standard InChI is InChI=1S/C21H26N4O3S3/c1-6-13-9-15(20(27)28-5)19(31-13)22-17(26)11-30-21-24-23-18(25(21)8-3)16-10-29-12(4)14(16)7-2/h9-10H,6-8,11H2,1-5H3,(H,22,26). The van der Waals surface area contributed by atoms with Gasteiger partial charge in [-0.05, 0) is 38.3 Å². The van der Waals surface area contributed by atoms with Crippen molar-refractivity contribution in [3.63, 3.8) is 0 Å². The van der Waals surface area contributed by atoms with Gasteiger partial charge in [-0.3, -0.25) is 4.79 Å². The maximum atomic E-state index is 12.6. The molecule has 0 atom stereocenters. The van der Waals surface area contributed by atoms with Crippen molar-refractivity contribution in [1.82, 2.24) is 14.8 Å². The molecule has 0 aliphatic heterocycles. The lowest BCUT2D eigenvalue weighted by atomic mass is 10.1. The van der Waals surface area contributed by atoms with Crippen LogP contribution in [0.15, 0.2) is 16.6 Å². The first-order valence-corrected chi connectivity index (χ1v) is 12.8. The molecule has 0 unspecified atom stereocenters. The zero-order valence-corrected chi connectivity index (χ0v) is 20.7. The van der Waals surface area contributed by atoms with Crippen LogP contribution in [0.4, 0.5) is 5.00 Å². The molecule has 0 spiro atoms. The molecule has 0 saturated carbocycles. The Morgan fingerprint density at radius 2 is 2.00 bits per heavy atom. The summed E-state index contributed by atoms with van der Waals surface area (Å²) in [6, 6.07) is 1.77. The second-order valence-corrected chi connectivity index (χ2v) is 9.89. The summed E-state index contributed by atoms with van der Waals surface area (Å²) < 4.78 is 6.87. The van der Waals surface area contributed by atoms with E-state index < -0.39 is 5.97 Å². The van der Waals surface area contributed by atoms with E-state index in [-0.39, 0.29) is 11.7 Å². The van der Waals surface area contributed by atoms with Crippen LogP contribution in [0.3, 0.4) is 0 Å². The van der Waals surface area contributed by atoms with Crippen LogP contribution < -0.4 is 5.32 Å². The number of anilines is 1. The Morgan fingerprint density at radius 3 is 2.65 bits per heavy atom. The van der Waals surface area contributed by atoms with Gasteiger partial charge in [-0.15, -0.1) is 32.9 Å². The van der Waals surface area contributed by atoms with Gasteiger partial charge >= 0.3 is 5.97 Å². The Kier molecular flexibility index (Phi) is 7.90. The molecule has 0 fully saturated rings. The summed E-state index contributed by atoms with van der Waals surface area (Å²) in [5, 5.41) is 14.9. The predicted molar refractivity (Wildman–Crippen MR) is 128 cm³/mol. The Balaban J connectivity index is 1.74. The van der Waals surface area contributed by atoms with Crippen molar-refractivity contribution in [2.24, 2.45) is 0 Å². The van der Waals surface area contributed by atoms with Crippen molar-refractivity contribution < 1.29 is 14.3 Å². The van der Waals surface area contributed by atoms with E-state index in [1.807, 2.05) is 18.4 Å². The smallest absolute Gasteiger partial charge is 0.340 e. The average Bonchev–Trinajstić information content (AvgIpc) is 3.47. The van der Waals surface area contributed by atoms with Crippen LogP contribution in [0.25, 0.3) is 11.4 Å². The van der Waals surface area contributed by atoms with E-state index in [2.05, 4.69) is 34.7 Å². The molecular formula is C21H26N4O3S3. The largest absolute Gasteiger partial charge is 0.465 e. The highest BCUT2D eigenvalue weighted by atomic mass is 32.2. The molecule has 31 heavy (non-hydrogen) atoms. The van der Waals surface area contributed by atoms with E-state index in [0.29, 0.717) is 22.3 Å². The van der Waals surface area contributed by atoms with E-state index in [1.54, 1.807) is 17.4 Å². The van der Waals surface area contributed by atoms with E-state index >= 15 is 0 Å². The third-order valence-electron chi connectivity index (χ3n) is 4.85. The molecule has 0 aliphatic rings. The van der Waals surface area contributed by atoms with Crippen LogP contribution in [0.2, 0.25) is 0 Å². The number of amides is 1. The number of esters is 1. The number of aromatic nitrogens is 3. The Bertz CT molecular complexity index is 1080. The number of ether oxygens (including phenoxy) is 1. The van der Waals surface area contributed by atoms with Crippen LogP contribution >= 0.6 is 34.4 Å². The lowest BCUT2D eigenvalue weighted by molar-refractivity contribution is -0.113.